The molecule has 0 aliphatic heterocycles. The number of pyridine rings is 1. The van der Waals surface area contributed by atoms with E-state index in [-0.39, 0.29) is 17.3 Å². The summed E-state index contributed by atoms with van der Waals surface area (Å²) in [6.45, 7) is 1.50. The molecule has 2 heterocycles. The van der Waals surface area contributed by atoms with Gasteiger partial charge in [-0.1, -0.05) is 5.16 Å². The van der Waals surface area contributed by atoms with Crippen molar-refractivity contribution in [2.75, 3.05) is 0 Å². The molecule has 1 atom stereocenters. The maximum atomic E-state index is 12.8. The summed E-state index contributed by atoms with van der Waals surface area (Å²) < 4.78 is 68.7. The highest BCUT2D eigenvalue weighted by atomic mass is 19.4. The molecule has 3 rings (SSSR count). The van der Waals surface area contributed by atoms with E-state index in [1.165, 1.54) is 13.0 Å². The average molecular weight is 376 g/mol. The molecule has 0 radical (unpaired) electrons. The van der Waals surface area contributed by atoms with Crippen LogP contribution in [0.5, 0.6) is 0 Å². The van der Waals surface area contributed by atoms with Gasteiger partial charge in [-0.05, 0) is 19.1 Å². The minimum Gasteiger partial charge on any atom is -0.344 e. The van der Waals surface area contributed by atoms with Crippen molar-refractivity contribution in [3.63, 3.8) is 0 Å². The van der Waals surface area contributed by atoms with Gasteiger partial charge in [-0.3, -0.25) is 9.78 Å². The summed E-state index contributed by atoms with van der Waals surface area (Å²) in [6, 6.07) is 1.28. The van der Waals surface area contributed by atoms with Crippen molar-refractivity contribution in [3.8, 4) is 11.4 Å². The van der Waals surface area contributed by atoms with E-state index in [9.17, 15) is 26.7 Å². The first-order valence-corrected chi connectivity index (χ1v) is 7.60. The first kappa shape index (κ1) is 18.2. The minimum atomic E-state index is -4.62. The lowest BCUT2D eigenvalue weighted by Gasteiger charge is -2.34. The first-order valence-electron chi connectivity index (χ1n) is 7.60. The van der Waals surface area contributed by atoms with Crippen molar-refractivity contribution in [2.24, 2.45) is 5.92 Å². The topological polar surface area (TPSA) is 80.9 Å². The Morgan fingerprint density at radius 3 is 2.69 bits per heavy atom. The third kappa shape index (κ3) is 3.81. The number of aromatic nitrogens is 3. The van der Waals surface area contributed by atoms with Gasteiger partial charge in [-0.25, -0.2) is 8.78 Å². The van der Waals surface area contributed by atoms with Crippen LogP contribution in [0.3, 0.4) is 0 Å². The van der Waals surface area contributed by atoms with E-state index in [0.717, 1.165) is 12.3 Å². The van der Waals surface area contributed by atoms with Crippen molar-refractivity contribution >= 4 is 5.91 Å². The summed E-state index contributed by atoms with van der Waals surface area (Å²) in [5.74, 6) is -4.33. The zero-order valence-corrected chi connectivity index (χ0v) is 13.3. The Bertz CT molecular complexity index is 812. The molecule has 1 saturated carbocycles. The molecule has 1 unspecified atom stereocenters. The molecule has 0 saturated heterocycles. The van der Waals surface area contributed by atoms with E-state index >= 15 is 0 Å². The molecule has 0 spiro atoms. The van der Waals surface area contributed by atoms with Gasteiger partial charge < -0.3 is 9.84 Å². The molecule has 2 aromatic heterocycles. The number of carbonyl (C=O) groups excluding carboxylic acids is 1. The minimum absolute atomic E-state index is 0.0412. The van der Waals surface area contributed by atoms with E-state index in [1.807, 2.05) is 0 Å². The Balaban J connectivity index is 1.69. The van der Waals surface area contributed by atoms with Crippen molar-refractivity contribution in [1.29, 1.82) is 0 Å². The largest absolute Gasteiger partial charge is 0.433 e. The van der Waals surface area contributed by atoms with Crippen LogP contribution in [0.1, 0.15) is 37.4 Å². The highest BCUT2D eigenvalue weighted by Crippen LogP contribution is 2.42. The monoisotopic (exact) mass is 376 g/mol. The van der Waals surface area contributed by atoms with Crippen molar-refractivity contribution in [2.45, 2.75) is 37.9 Å². The Hall–Kier alpha value is -2.59. The number of carbonyl (C=O) groups is 1. The fourth-order valence-electron chi connectivity index (χ4n) is 2.49. The van der Waals surface area contributed by atoms with Crippen molar-refractivity contribution < 1.29 is 31.3 Å². The van der Waals surface area contributed by atoms with Crippen LogP contribution in [-0.4, -0.2) is 27.0 Å². The molecule has 1 aliphatic rings. The molecule has 140 valence electrons. The highest BCUT2D eigenvalue weighted by Gasteiger charge is 2.49. The molecular weight excluding hydrogens is 363 g/mol. The summed E-state index contributed by atoms with van der Waals surface area (Å²) in [7, 11) is 0. The molecule has 1 fully saturated rings. The van der Waals surface area contributed by atoms with Gasteiger partial charge in [0.05, 0.1) is 0 Å². The van der Waals surface area contributed by atoms with Gasteiger partial charge in [0.1, 0.15) is 11.7 Å². The second kappa shape index (κ2) is 6.29. The Morgan fingerprint density at radius 2 is 2.08 bits per heavy atom. The molecule has 1 N–H and O–H groups in total. The summed E-state index contributed by atoms with van der Waals surface area (Å²) in [4.78, 5) is 19.0. The summed E-state index contributed by atoms with van der Waals surface area (Å²) in [5, 5.41) is 6.06. The number of halogens is 5. The third-order valence-corrected chi connectivity index (χ3v) is 3.94. The van der Waals surface area contributed by atoms with Gasteiger partial charge in [-0.2, -0.15) is 18.2 Å². The molecule has 1 aliphatic carbocycles. The number of alkyl halides is 5. The normalized spacial score (nSPS) is 18.2. The number of nitrogens with one attached hydrogen (secondary N) is 1. The highest BCUT2D eigenvalue weighted by molar-refractivity contribution is 5.80. The molecule has 2 aromatic rings. The van der Waals surface area contributed by atoms with Gasteiger partial charge in [0.25, 0.3) is 0 Å². The number of rotatable bonds is 4. The molecule has 6 nitrogen and oxygen atoms in total. The number of hydrogen-bond donors (Lipinski definition) is 1. The number of nitrogens with zero attached hydrogens (tertiary/aromatic N) is 3. The smallest absolute Gasteiger partial charge is 0.344 e. The lowest BCUT2D eigenvalue weighted by Crippen LogP contribution is -2.45. The third-order valence-electron chi connectivity index (χ3n) is 3.94. The van der Waals surface area contributed by atoms with Crippen LogP contribution in [-0.2, 0) is 11.0 Å². The lowest BCUT2D eigenvalue weighted by atomic mass is 9.80. The van der Waals surface area contributed by atoms with Crippen LogP contribution in [0.15, 0.2) is 22.9 Å². The van der Waals surface area contributed by atoms with Crippen LogP contribution in [0, 0.1) is 5.92 Å². The molecule has 11 heteroatoms. The second-order valence-electron chi connectivity index (χ2n) is 6.08. The summed E-state index contributed by atoms with van der Waals surface area (Å²) in [6.07, 6.45) is -4.68. The number of hydrogen-bond acceptors (Lipinski definition) is 5. The Labute approximate surface area is 143 Å². The van der Waals surface area contributed by atoms with Crippen LogP contribution in [0.2, 0.25) is 0 Å². The zero-order chi connectivity index (χ0) is 19.1. The predicted molar refractivity (Wildman–Crippen MR) is 76.8 cm³/mol. The van der Waals surface area contributed by atoms with Crippen molar-refractivity contribution in [3.05, 3.63) is 29.9 Å². The van der Waals surface area contributed by atoms with Crippen molar-refractivity contribution in [1.82, 2.24) is 20.4 Å². The van der Waals surface area contributed by atoms with E-state index in [2.05, 4.69) is 20.4 Å². The van der Waals surface area contributed by atoms with Gasteiger partial charge in [0, 0.05) is 30.5 Å². The van der Waals surface area contributed by atoms with Gasteiger partial charge in [-0.15, -0.1) is 0 Å². The van der Waals surface area contributed by atoms with E-state index < -0.39 is 48.5 Å². The SMILES string of the molecule is CC(NC(=O)C1CC(F)(F)C1)c1nc(-c2ccnc(C(F)(F)F)c2)no1. The quantitative estimate of drug-likeness (QED) is 0.828. The van der Waals surface area contributed by atoms with Gasteiger partial charge in [0.15, 0.2) is 0 Å². The predicted octanol–water partition coefficient (Wildman–Crippen LogP) is 3.37. The Morgan fingerprint density at radius 1 is 1.38 bits per heavy atom. The standard InChI is InChI=1S/C15H13F5N4O2/c1-7(22-12(25)9-5-14(16,17)6-9)13-23-11(24-26-13)8-2-3-21-10(4-8)15(18,19)20/h2-4,7,9H,5-6H2,1H3,(H,22,25). The molecule has 1 amide bonds. The number of amides is 1. The first-order chi connectivity index (χ1) is 12.0. The molecule has 0 bridgehead atoms. The summed E-state index contributed by atoms with van der Waals surface area (Å²) >= 11 is 0. The van der Waals surface area contributed by atoms with Crippen LogP contribution < -0.4 is 5.32 Å². The van der Waals surface area contributed by atoms with Crippen LogP contribution in [0.25, 0.3) is 11.4 Å². The second-order valence-corrected chi connectivity index (χ2v) is 6.08. The zero-order valence-electron chi connectivity index (χ0n) is 13.3. The van der Waals surface area contributed by atoms with Crippen LogP contribution >= 0.6 is 0 Å². The lowest BCUT2D eigenvalue weighted by molar-refractivity contribution is -0.150. The van der Waals surface area contributed by atoms with Gasteiger partial charge >= 0.3 is 6.18 Å². The molecule has 26 heavy (non-hydrogen) atoms. The molecule has 0 aromatic carbocycles. The summed E-state index contributed by atoms with van der Waals surface area (Å²) in [5.41, 5.74) is -1.06. The average Bonchev–Trinajstić information content (AvgIpc) is 3.02. The Kier molecular flexibility index (Phi) is 4.41. The fraction of sp³-hybridized carbons (Fsp3) is 0.467. The fourth-order valence-corrected chi connectivity index (χ4v) is 2.49. The maximum Gasteiger partial charge on any atom is 0.433 e. The van der Waals surface area contributed by atoms with E-state index in [4.69, 9.17) is 4.52 Å². The van der Waals surface area contributed by atoms with E-state index in [0.29, 0.717) is 0 Å². The van der Waals surface area contributed by atoms with Crippen LogP contribution in [0.4, 0.5) is 22.0 Å². The maximum absolute atomic E-state index is 12.8. The van der Waals surface area contributed by atoms with E-state index in [1.54, 1.807) is 0 Å². The van der Waals surface area contributed by atoms with Gasteiger partial charge in [0.2, 0.25) is 23.5 Å². The molecular formula is C15H13F5N4O2.